The maximum Gasteiger partial charge on any atom is 0.269 e. The van der Waals surface area contributed by atoms with Gasteiger partial charge in [0.25, 0.3) is 5.91 Å². The number of nitrogens with one attached hydrogen (secondary N) is 2. The number of carbonyl (C=O) groups excluding carboxylic acids is 1. The Morgan fingerprint density at radius 3 is 2.74 bits per heavy atom. The first-order valence-electron chi connectivity index (χ1n) is 10.5. The molecule has 0 radical (unpaired) electrons. The molecular formula is C22H28N8O. The molecule has 9 nitrogen and oxygen atoms in total. The summed E-state index contributed by atoms with van der Waals surface area (Å²) in [7, 11) is 1.89. The summed E-state index contributed by atoms with van der Waals surface area (Å²) in [6.07, 6.45) is 7.68. The molecule has 0 aliphatic heterocycles. The van der Waals surface area contributed by atoms with Crippen molar-refractivity contribution in [2.45, 2.75) is 44.7 Å². The molecule has 9 heteroatoms. The molecule has 2 atom stereocenters. The second-order valence-electron chi connectivity index (χ2n) is 8.03. The van der Waals surface area contributed by atoms with Gasteiger partial charge >= 0.3 is 0 Å². The van der Waals surface area contributed by atoms with Gasteiger partial charge in [0.2, 0.25) is 0 Å². The number of primary amides is 1. The summed E-state index contributed by atoms with van der Waals surface area (Å²) < 4.78 is 1.80. The molecule has 3 heterocycles. The molecule has 0 bridgehead atoms. The van der Waals surface area contributed by atoms with Crippen molar-refractivity contribution < 1.29 is 4.79 Å². The molecule has 0 saturated heterocycles. The highest BCUT2D eigenvalue weighted by molar-refractivity contribution is 5.97. The standard InChI is InChI=1S/C22H28N8O/c1-13-9-14(19-7-8-26-30(19)2)10-20(27-13)29-18-11-15(12-25-21(18)22(24)31)28-17-6-4-3-5-16(17)23/h7-12,16-17,28H,3-6,23H2,1-2H3,(H2,24,31)(H,27,29)/t16-,17+/m0/s1. The smallest absolute Gasteiger partial charge is 0.269 e. The van der Waals surface area contributed by atoms with Gasteiger partial charge in [-0.1, -0.05) is 12.8 Å². The summed E-state index contributed by atoms with van der Waals surface area (Å²) >= 11 is 0. The number of hydrogen-bond donors (Lipinski definition) is 4. The molecule has 31 heavy (non-hydrogen) atoms. The Morgan fingerprint density at radius 1 is 1.23 bits per heavy atom. The van der Waals surface area contributed by atoms with Crippen LogP contribution in [0.1, 0.15) is 41.9 Å². The minimum Gasteiger partial charge on any atom is -0.379 e. The van der Waals surface area contributed by atoms with Gasteiger partial charge in [-0.3, -0.25) is 9.48 Å². The zero-order chi connectivity index (χ0) is 22.0. The van der Waals surface area contributed by atoms with Crippen LogP contribution in [0.2, 0.25) is 0 Å². The molecule has 1 fully saturated rings. The number of hydrogen-bond acceptors (Lipinski definition) is 7. The van der Waals surface area contributed by atoms with Gasteiger partial charge in [-0.15, -0.1) is 0 Å². The summed E-state index contributed by atoms with van der Waals surface area (Å²) in [5, 5.41) is 10.9. The molecule has 1 saturated carbocycles. The Bertz CT molecular complexity index is 1090. The number of nitrogens with two attached hydrogens (primary N) is 2. The molecule has 6 N–H and O–H groups in total. The summed E-state index contributed by atoms with van der Waals surface area (Å²) in [6, 6.07) is 7.94. The van der Waals surface area contributed by atoms with Crippen LogP contribution in [0.4, 0.5) is 17.2 Å². The molecule has 4 rings (SSSR count). The summed E-state index contributed by atoms with van der Waals surface area (Å²) in [6.45, 7) is 1.92. The van der Waals surface area contributed by atoms with E-state index in [2.05, 4.69) is 25.7 Å². The highest BCUT2D eigenvalue weighted by Crippen LogP contribution is 2.28. The van der Waals surface area contributed by atoms with Gasteiger partial charge in [0, 0.05) is 36.6 Å². The molecule has 0 spiro atoms. The van der Waals surface area contributed by atoms with E-state index in [1.54, 1.807) is 17.1 Å². The Labute approximate surface area is 181 Å². The van der Waals surface area contributed by atoms with E-state index < -0.39 is 5.91 Å². The summed E-state index contributed by atoms with van der Waals surface area (Å²) in [4.78, 5) is 20.8. The van der Waals surface area contributed by atoms with E-state index in [-0.39, 0.29) is 17.8 Å². The second-order valence-corrected chi connectivity index (χ2v) is 8.03. The molecule has 3 aromatic rings. The van der Waals surface area contributed by atoms with Gasteiger partial charge in [-0.2, -0.15) is 5.10 Å². The predicted molar refractivity (Wildman–Crippen MR) is 121 cm³/mol. The van der Waals surface area contributed by atoms with Gasteiger partial charge < -0.3 is 22.1 Å². The van der Waals surface area contributed by atoms with E-state index in [9.17, 15) is 4.79 Å². The van der Waals surface area contributed by atoms with Crippen LogP contribution in [0.15, 0.2) is 36.7 Å². The molecule has 1 aliphatic carbocycles. The van der Waals surface area contributed by atoms with Crippen molar-refractivity contribution in [3.8, 4) is 11.3 Å². The van der Waals surface area contributed by atoms with Gasteiger partial charge in [0.1, 0.15) is 5.82 Å². The zero-order valence-electron chi connectivity index (χ0n) is 17.8. The fourth-order valence-corrected chi connectivity index (χ4v) is 4.06. The van der Waals surface area contributed by atoms with Crippen LogP contribution in [0.3, 0.4) is 0 Å². The van der Waals surface area contributed by atoms with Crippen LogP contribution in [0.25, 0.3) is 11.3 Å². The monoisotopic (exact) mass is 420 g/mol. The van der Waals surface area contributed by atoms with Crippen LogP contribution in [0, 0.1) is 6.92 Å². The molecule has 1 amide bonds. The van der Waals surface area contributed by atoms with E-state index in [0.29, 0.717) is 11.5 Å². The minimum absolute atomic E-state index is 0.0980. The topological polar surface area (TPSA) is 137 Å². The predicted octanol–water partition coefficient (Wildman–Crippen LogP) is 2.71. The number of pyridine rings is 2. The Morgan fingerprint density at radius 2 is 2.03 bits per heavy atom. The third-order valence-corrected chi connectivity index (χ3v) is 5.63. The number of anilines is 3. The van der Waals surface area contributed by atoms with Crippen molar-refractivity contribution in [1.29, 1.82) is 0 Å². The molecule has 0 unspecified atom stereocenters. The van der Waals surface area contributed by atoms with Crippen molar-refractivity contribution in [1.82, 2.24) is 19.7 Å². The normalized spacial score (nSPS) is 18.5. The quantitative estimate of drug-likeness (QED) is 0.481. The van der Waals surface area contributed by atoms with Crippen molar-refractivity contribution >= 4 is 23.1 Å². The lowest BCUT2D eigenvalue weighted by Crippen LogP contribution is -2.42. The zero-order valence-corrected chi connectivity index (χ0v) is 17.8. The number of amides is 1. The average molecular weight is 421 g/mol. The summed E-state index contributed by atoms with van der Waals surface area (Å²) in [5.41, 5.74) is 16.0. The molecule has 3 aromatic heterocycles. The minimum atomic E-state index is -0.608. The van der Waals surface area contributed by atoms with Crippen LogP contribution < -0.4 is 22.1 Å². The third-order valence-electron chi connectivity index (χ3n) is 5.63. The van der Waals surface area contributed by atoms with Gasteiger partial charge in [-0.25, -0.2) is 9.97 Å². The number of rotatable bonds is 6. The Balaban J connectivity index is 1.64. The fourth-order valence-electron chi connectivity index (χ4n) is 4.06. The van der Waals surface area contributed by atoms with Gasteiger partial charge in [-0.05, 0) is 44.0 Å². The first-order chi connectivity index (χ1) is 14.9. The van der Waals surface area contributed by atoms with E-state index in [1.165, 1.54) is 0 Å². The fraction of sp³-hybridized carbons (Fsp3) is 0.364. The first kappa shape index (κ1) is 20.8. The number of nitrogens with zero attached hydrogens (tertiary/aromatic N) is 4. The maximum atomic E-state index is 12.0. The van der Waals surface area contributed by atoms with Crippen molar-refractivity contribution in [2.75, 3.05) is 10.6 Å². The van der Waals surface area contributed by atoms with Crippen LogP contribution >= 0.6 is 0 Å². The van der Waals surface area contributed by atoms with E-state index in [4.69, 9.17) is 11.5 Å². The molecule has 162 valence electrons. The van der Waals surface area contributed by atoms with Gasteiger partial charge in [0.05, 0.1) is 23.3 Å². The number of carbonyl (C=O) groups is 1. The van der Waals surface area contributed by atoms with E-state index >= 15 is 0 Å². The lowest BCUT2D eigenvalue weighted by molar-refractivity contribution is 0.0996. The van der Waals surface area contributed by atoms with Crippen LogP contribution in [0.5, 0.6) is 0 Å². The third kappa shape index (κ3) is 4.66. The first-order valence-corrected chi connectivity index (χ1v) is 10.5. The van der Waals surface area contributed by atoms with E-state index in [0.717, 1.165) is 48.3 Å². The lowest BCUT2D eigenvalue weighted by Gasteiger charge is -2.30. The average Bonchev–Trinajstić information content (AvgIpc) is 3.15. The SMILES string of the molecule is Cc1cc(-c2ccnn2C)cc(Nc2cc(N[C@@H]3CCCC[C@@H]3N)cnc2C(N)=O)n1. The Hall–Kier alpha value is -3.46. The van der Waals surface area contributed by atoms with Crippen LogP contribution in [-0.4, -0.2) is 37.7 Å². The highest BCUT2D eigenvalue weighted by atomic mass is 16.1. The number of aromatic nitrogens is 4. The van der Waals surface area contributed by atoms with Crippen LogP contribution in [-0.2, 0) is 7.05 Å². The number of aryl methyl sites for hydroxylation is 2. The molecule has 0 aromatic carbocycles. The largest absolute Gasteiger partial charge is 0.379 e. The van der Waals surface area contributed by atoms with E-state index in [1.807, 2.05) is 38.2 Å². The molecule has 1 aliphatic rings. The van der Waals surface area contributed by atoms with Crippen molar-refractivity contribution in [3.05, 3.63) is 48.0 Å². The summed E-state index contributed by atoms with van der Waals surface area (Å²) in [5.74, 6) is -0.0186. The van der Waals surface area contributed by atoms with Gasteiger partial charge in [0.15, 0.2) is 5.69 Å². The maximum absolute atomic E-state index is 12.0. The lowest BCUT2D eigenvalue weighted by atomic mass is 9.91. The second kappa shape index (κ2) is 8.73. The van der Waals surface area contributed by atoms with Crippen molar-refractivity contribution in [3.63, 3.8) is 0 Å². The highest BCUT2D eigenvalue weighted by Gasteiger charge is 2.22. The Kier molecular flexibility index (Phi) is 5.85. The van der Waals surface area contributed by atoms with Crippen molar-refractivity contribution in [2.24, 2.45) is 18.5 Å². The molecular weight excluding hydrogens is 392 g/mol.